The second-order valence-electron chi connectivity index (χ2n) is 2.21. The molecule has 5 heteroatoms. The van der Waals surface area contributed by atoms with Crippen LogP contribution in [0.1, 0.15) is 11.8 Å². The molecule has 0 amide bonds. The summed E-state index contributed by atoms with van der Waals surface area (Å²) >= 11 is 0. The van der Waals surface area contributed by atoms with Crippen LogP contribution in [0.3, 0.4) is 0 Å². The fourth-order valence-electron chi connectivity index (χ4n) is 0.757. The van der Waals surface area contributed by atoms with Gasteiger partial charge in [0, 0.05) is 0 Å². The lowest BCUT2D eigenvalue weighted by molar-refractivity contribution is -0.578. The molecule has 0 bridgehead atoms. The highest BCUT2D eigenvalue weighted by Gasteiger charge is 2.17. The first-order chi connectivity index (χ1) is 5.61. The Morgan fingerprint density at radius 3 is 2.33 bits per heavy atom. The molecule has 1 aromatic rings. The van der Waals surface area contributed by atoms with Gasteiger partial charge in [0.25, 0.3) is 0 Å². The molecule has 0 saturated carbocycles. The van der Waals surface area contributed by atoms with Crippen LogP contribution in [0.5, 0.6) is 0 Å². The van der Waals surface area contributed by atoms with Crippen molar-refractivity contribution in [1.29, 1.82) is 0 Å². The van der Waals surface area contributed by atoms with Gasteiger partial charge < -0.3 is 5.11 Å². The zero-order chi connectivity index (χ0) is 9.14. The Kier molecular flexibility index (Phi) is 2.35. The summed E-state index contributed by atoms with van der Waals surface area (Å²) in [5, 5.41) is 18.9. The maximum atomic E-state index is 12.3. The molecule has 1 rings (SSSR count). The second kappa shape index (κ2) is 3.27. The van der Waals surface area contributed by atoms with E-state index in [0.717, 1.165) is 12.1 Å². The fourth-order valence-corrected chi connectivity index (χ4v) is 0.757. The minimum atomic E-state index is -1.77. The topological polar surface area (TPSA) is 63.4 Å². The first-order valence-corrected chi connectivity index (χ1v) is 3.18. The van der Waals surface area contributed by atoms with E-state index in [1.165, 1.54) is 12.1 Å². The molecule has 4 nitrogen and oxygen atoms in total. The standard InChI is InChI=1S/C7H6FNO3/c8-6-3-1-5(2-4-6)7(10)9(11)12/h1-4,7,10H. The molecule has 0 spiro atoms. The predicted octanol–water partition coefficient (Wildman–Crippen LogP) is 1.09. The summed E-state index contributed by atoms with van der Waals surface area (Å²) in [4.78, 5) is 9.19. The van der Waals surface area contributed by atoms with Crippen molar-refractivity contribution in [2.45, 2.75) is 6.23 Å². The van der Waals surface area contributed by atoms with Crippen molar-refractivity contribution in [2.75, 3.05) is 0 Å². The highest BCUT2D eigenvalue weighted by Crippen LogP contribution is 2.12. The number of halogens is 1. The van der Waals surface area contributed by atoms with Gasteiger partial charge in [-0.15, -0.1) is 0 Å². The highest BCUT2D eigenvalue weighted by molar-refractivity contribution is 5.16. The van der Waals surface area contributed by atoms with Crippen molar-refractivity contribution >= 4 is 0 Å². The molecule has 0 aliphatic carbocycles. The number of aliphatic hydroxyl groups excluding tert-OH is 1. The zero-order valence-electron chi connectivity index (χ0n) is 5.98. The molecule has 0 saturated heterocycles. The summed E-state index contributed by atoms with van der Waals surface area (Å²) < 4.78 is 12.3. The molecule has 0 aromatic heterocycles. The summed E-state index contributed by atoms with van der Waals surface area (Å²) in [6.07, 6.45) is -1.77. The number of nitro groups is 1. The second-order valence-corrected chi connectivity index (χ2v) is 2.21. The minimum Gasteiger partial charge on any atom is -0.329 e. The van der Waals surface area contributed by atoms with Gasteiger partial charge in [0.15, 0.2) is 0 Å². The van der Waals surface area contributed by atoms with E-state index in [0.29, 0.717) is 0 Å². The van der Waals surface area contributed by atoms with Crippen molar-refractivity contribution in [2.24, 2.45) is 0 Å². The van der Waals surface area contributed by atoms with Crippen molar-refractivity contribution < 1.29 is 14.4 Å². The molecule has 64 valence electrons. The van der Waals surface area contributed by atoms with Gasteiger partial charge in [0.1, 0.15) is 5.82 Å². The van der Waals surface area contributed by atoms with Crippen LogP contribution in [0.4, 0.5) is 4.39 Å². The Hall–Kier alpha value is -1.49. The van der Waals surface area contributed by atoms with Crippen LogP contribution < -0.4 is 0 Å². The summed E-state index contributed by atoms with van der Waals surface area (Å²) in [7, 11) is 0. The average molecular weight is 171 g/mol. The maximum Gasteiger partial charge on any atom is 0.339 e. The van der Waals surface area contributed by atoms with E-state index in [1.807, 2.05) is 0 Å². The lowest BCUT2D eigenvalue weighted by Gasteiger charge is -2.01. The number of hydrogen-bond donors (Lipinski definition) is 1. The lowest BCUT2D eigenvalue weighted by Crippen LogP contribution is -2.08. The van der Waals surface area contributed by atoms with E-state index in [-0.39, 0.29) is 5.56 Å². The molecule has 0 aliphatic heterocycles. The number of nitrogens with zero attached hydrogens (tertiary/aromatic N) is 1. The van der Waals surface area contributed by atoms with Crippen LogP contribution in [0.25, 0.3) is 0 Å². The van der Waals surface area contributed by atoms with E-state index in [4.69, 9.17) is 5.11 Å². The molecular weight excluding hydrogens is 165 g/mol. The first kappa shape index (κ1) is 8.61. The third kappa shape index (κ3) is 1.76. The SMILES string of the molecule is O=[N+]([O-])C(O)c1ccc(F)cc1. The molecular formula is C7H6FNO3. The minimum absolute atomic E-state index is 0.0707. The summed E-state index contributed by atoms with van der Waals surface area (Å²) in [5.41, 5.74) is 0.0707. The average Bonchev–Trinajstić information content (AvgIpc) is 2.04. The smallest absolute Gasteiger partial charge is 0.329 e. The molecule has 0 heterocycles. The Balaban J connectivity index is 2.89. The van der Waals surface area contributed by atoms with Crippen LogP contribution in [0.15, 0.2) is 24.3 Å². The van der Waals surface area contributed by atoms with E-state index in [1.54, 1.807) is 0 Å². The molecule has 1 N–H and O–H groups in total. The molecule has 0 radical (unpaired) electrons. The number of hydrogen-bond acceptors (Lipinski definition) is 3. The van der Waals surface area contributed by atoms with Gasteiger partial charge in [-0.2, -0.15) is 0 Å². The maximum absolute atomic E-state index is 12.3. The number of benzene rings is 1. The van der Waals surface area contributed by atoms with Gasteiger partial charge in [-0.1, -0.05) is 0 Å². The molecule has 1 unspecified atom stereocenters. The van der Waals surface area contributed by atoms with Gasteiger partial charge in [-0.05, 0) is 24.3 Å². The van der Waals surface area contributed by atoms with Crippen molar-refractivity contribution in [3.05, 3.63) is 45.8 Å². The number of rotatable bonds is 2. The largest absolute Gasteiger partial charge is 0.339 e. The fraction of sp³-hybridized carbons (Fsp3) is 0.143. The van der Waals surface area contributed by atoms with Crippen LogP contribution in [0, 0.1) is 15.9 Å². The van der Waals surface area contributed by atoms with Crippen molar-refractivity contribution in [3.8, 4) is 0 Å². The molecule has 0 aliphatic rings. The Bertz CT molecular complexity index is 285. The van der Waals surface area contributed by atoms with E-state index in [2.05, 4.69) is 0 Å². The third-order valence-electron chi connectivity index (χ3n) is 1.37. The normalized spacial score (nSPS) is 12.5. The van der Waals surface area contributed by atoms with Crippen LogP contribution in [-0.4, -0.2) is 10.0 Å². The third-order valence-corrected chi connectivity index (χ3v) is 1.37. The monoisotopic (exact) mass is 171 g/mol. The lowest BCUT2D eigenvalue weighted by atomic mass is 10.2. The zero-order valence-corrected chi connectivity index (χ0v) is 5.98. The van der Waals surface area contributed by atoms with Gasteiger partial charge in [0.2, 0.25) is 0 Å². The molecule has 1 aromatic carbocycles. The van der Waals surface area contributed by atoms with Crippen LogP contribution in [-0.2, 0) is 0 Å². The molecule has 1 atom stereocenters. The highest BCUT2D eigenvalue weighted by atomic mass is 19.1. The summed E-state index contributed by atoms with van der Waals surface area (Å²) in [6.45, 7) is 0. The van der Waals surface area contributed by atoms with Crippen molar-refractivity contribution in [3.63, 3.8) is 0 Å². The van der Waals surface area contributed by atoms with Crippen LogP contribution >= 0.6 is 0 Å². The Morgan fingerprint density at radius 2 is 1.92 bits per heavy atom. The molecule has 0 fully saturated rings. The van der Waals surface area contributed by atoms with Gasteiger partial charge in [-0.25, -0.2) is 4.39 Å². The van der Waals surface area contributed by atoms with Gasteiger partial charge >= 0.3 is 6.23 Å². The quantitative estimate of drug-likeness (QED) is 0.411. The van der Waals surface area contributed by atoms with E-state index < -0.39 is 17.0 Å². The van der Waals surface area contributed by atoms with E-state index >= 15 is 0 Å². The summed E-state index contributed by atoms with van der Waals surface area (Å²) in [5.74, 6) is -0.491. The summed E-state index contributed by atoms with van der Waals surface area (Å²) in [6, 6.07) is 4.45. The Labute approximate surface area is 67.4 Å². The molecule has 12 heavy (non-hydrogen) atoms. The first-order valence-electron chi connectivity index (χ1n) is 3.18. The van der Waals surface area contributed by atoms with Gasteiger partial charge in [-0.3, -0.25) is 10.1 Å². The number of aliphatic hydroxyl groups is 1. The van der Waals surface area contributed by atoms with Crippen LogP contribution in [0.2, 0.25) is 0 Å². The van der Waals surface area contributed by atoms with E-state index in [9.17, 15) is 14.5 Å². The Morgan fingerprint density at radius 1 is 1.42 bits per heavy atom. The predicted molar refractivity (Wildman–Crippen MR) is 38.4 cm³/mol. The van der Waals surface area contributed by atoms with Gasteiger partial charge in [0.05, 0.1) is 10.5 Å². The van der Waals surface area contributed by atoms with Crippen molar-refractivity contribution in [1.82, 2.24) is 0 Å².